The van der Waals surface area contributed by atoms with E-state index in [0.29, 0.717) is 13.0 Å². The van der Waals surface area contributed by atoms with Crippen molar-refractivity contribution < 1.29 is 9.59 Å². The lowest BCUT2D eigenvalue weighted by Gasteiger charge is -2.14. The molecule has 1 aromatic carbocycles. The number of aryl methyl sites for hydroxylation is 1. The molecule has 0 aromatic heterocycles. The summed E-state index contributed by atoms with van der Waals surface area (Å²) in [6.45, 7) is 2.29. The molecule has 1 aliphatic rings. The third-order valence-corrected chi connectivity index (χ3v) is 4.80. The Balaban J connectivity index is 1.69. The maximum Gasteiger partial charge on any atom is 0.226 e. The minimum absolute atomic E-state index is 0.0139. The van der Waals surface area contributed by atoms with Crippen LogP contribution in [0, 0.1) is 12.8 Å². The van der Waals surface area contributed by atoms with E-state index < -0.39 is 0 Å². The second kappa shape index (κ2) is 8.45. The van der Waals surface area contributed by atoms with E-state index in [-0.39, 0.29) is 30.2 Å². The van der Waals surface area contributed by atoms with Crippen molar-refractivity contribution in [1.29, 1.82) is 0 Å². The average molecular weight is 382 g/mol. The van der Waals surface area contributed by atoms with E-state index in [1.807, 2.05) is 25.1 Å². The lowest BCUT2D eigenvalue weighted by Crippen LogP contribution is -2.33. The van der Waals surface area contributed by atoms with Crippen molar-refractivity contribution in [3.05, 3.63) is 28.2 Å². The van der Waals surface area contributed by atoms with Crippen LogP contribution in [-0.2, 0) is 9.59 Å². The number of hydrogen-bond acceptors (Lipinski definition) is 3. The van der Waals surface area contributed by atoms with Crippen LogP contribution in [0.25, 0.3) is 0 Å². The number of hydrogen-bond donors (Lipinski definition) is 3. The Bertz CT molecular complexity index is 577. The van der Waals surface area contributed by atoms with Gasteiger partial charge in [0.2, 0.25) is 11.8 Å². The molecule has 0 unspecified atom stereocenters. The molecule has 0 heterocycles. The van der Waals surface area contributed by atoms with E-state index in [0.717, 1.165) is 35.0 Å². The van der Waals surface area contributed by atoms with Gasteiger partial charge in [0.25, 0.3) is 0 Å². The highest BCUT2D eigenvalue weighted by molar-refractivity contribution is 9.10. The van der Waals surface area contributed by atoms with Gasteiger partial charge in [0.1, 0.15) is 0 Å². The zero-order valence-corrected chi connectivity index (χ0v) is 15.0. The third kappa shape index (κ3) is 5.62. The van der Waals surface area contributed by atoms with Gasteiger partial charge in [-0.2, -0.15) is 0 Å². The van der Waals surface area contributed by atoms with Crippen LogP contribution < -0.4 is 16.4 Å². The number of rotatable bonds is 6. The molecule has 5 nitrogen and oxygen atoms in total. The van der Waals surface area contributed by atoms with E-state index in [2.05, 4.69) is 26.6 Å². The Labute approximate surface area is 145 Å². The van der Waals surface area contributed by atoms with Crippen LogP contribution in [0.4, 0.5) is 5.69 Å². The predicted molar refractivity (Wildman–Crippen MR) is 95.1 cm³/mol. The van der Waals surface area contributed by atoms with Crippen molar-refractivity contribution in [1.82, 2.24) is 5.32 Å². The lowest BCUT2D eigenvalue weighted by molar-refractivity contribution is -0.122. The summed E-state index contributed by atoms with van der Waals surface area (Å²) in [5.41, 5.74) is 7.75. The maximum absolute atomic E-state index is 11.9. The summed E-state index contributed by atoms with van der Waals surface area (Å²) in [6.07, 6.45) is 3.87. The van der Waals surface area contributed by atoms with Crippen molar-refractivity contribution in [3.8, 4) is 0 Å². The molecule has 0 aliphatic heterocycles. The molecule has 2 rings (SSSR count). The molecule has 1 fully saturated rings. The Kier molecular flexibility index (Phi) is 6.59. The van der Waals surface area contributed by atoms with Crippen LogP contribution in [0.1, 0.15) is 37.7 Å². The molecule has 0 saturated heterocycles. The van der Waals surface area contributed by atoms with E-state index >= 15 is 0 Å². The van der Waals surface area contributed by atoms with Gasteiger partial charge in [0, 0.05) is 35.6 Å². The summed E-state index contributed by atoms with van der Waals surface area (Å²) in [7, 11) is 0. The second-order valence-electron chi connectivity index (χ2n) is 6.17. The number of halogens is 1. The minimum atomic E-state index is -0.103. The fourth-order valence-electron chi connectivity index (χ4n) is 2.92. The predicted octanol–water partition coefficient (Wildman–Crippen LogP) is 2.72. The molecule has 0 radical (unpaired) electrons. The van der Waals surface area contributed by atoms with E-state index in [1.54, 1.807) is 0 Å². The van der Waals surface area contributed by atoms with Gasteiger partial charge in [0.15, 0.2) is 0 Å². The van der Waals surface area contributed by atoms with Crippen LogP contribution >= 0.6 is 15.9 Å². The summed E-state index contributed by atoms with van der Waals surface area (Å²) in [6, 6.07) is 5.83. The summed E-state index contributed by atoms with van der Waals surface area (Å²) in [5, 5.41) is 5.67. The average Bonchev–Trinajstić information content (AvgIpc) is 2.87. The molecular weight excluding hydrogens is 358 g/mol. The Morgan fingerprint density at radius 3 is 2.74 bits per heavy atom. The molecule has 23 heavy (non-hydrogen) atoms. The molecule has 2 atom stereocenters. The molecule has 2 amide bonds. The highest BCUT2D eigenvalue weighted by Crippen LogP contribution is 2.26. The second-order valence-corrected chi connectivity index (χ2v) is 7.08. The summed E-state index contributed by atoms with van der Waals surface area (Å²) < 4.78 is 0.977. The highest BCUT2D eigenvalue weighted by atomic mass is 79.9. The van der Waals surface area contributed by atoms with Crippen LogP contribution in [0.15, 0.2) is 22.7 Å². The lowest BCUT2D eigenvalue weighted by atomic mass is 10.00. The zero-order chi connectivity index (χ0) is 16.8. The van der Waals surface area contributed by atoms with Crippen LogP contribution in [0.5, 0.6) is 0 Å². The zero-order valence-electron chi connectivity index (χ0n) is 13.4. The Hall–Kier alpha value is -1.40. The molecule has 126 valence electrons. The quantitative estimate of drug-likeness (QED) is 0.707. The van der Waals surface area contributed by atoms with Crippen LogP contribution in [0.3, 0.4) is 0 Å². The summed E-state index contributed by atoms with van der Waals surface area (Å²) >= 11 is 3.39. The summed E-state index contributed by atoms with van der Waals surface area (Å²) in [4.78, 5) is 23.8. The number of amides is 2. The van der Waals surface area contributed by atoms with Gasteiger partial charge in [-0.25, -0.2) is 0 Å². The fraction of sp³-hybridized carbons (Fsp3) is 0.529. The molecule has 1 aromatic rings. The molecule has 6 heteroatoms. The number of nitrogens with two attached hydrogens (primary N) is 1. The Morgan fingerprint density at radius 1 is 1.30 bits per heavy atom. The maximum atomic E-state index is 11.9. The van der Waals surface area contributed by atoms with E-state index in [4.69, 9.17) is 5.73 Å². The van der Waals surface area contributed by atoms with Gasteiger partial charge in [-0.1, -0.05) is 22.4 Å². The number of nitrogens with one attached hydrogen (secondary N) is 2. The van der Waals surface area contributed by atoms with Crippen molar-refractivity contribution in [2.24, 2.45) is 11.7 Å². The summed E-state index contributed by atoms with van der Waals surface area (Å²) in [5.74, 6) is 0.169. The van der Waals surface area contributed by atoms with Gasteiger partial charge in [-0.15, -0.1) is 0 Å². The number of anilines is 1. The highest BCUT2D eigenvalue weighted by Gasteiger charge is 2.25. The van der Waals surface area contributed by atoms with Crippen LogP contribution in [0.2, 0.25) is 0 Å². The fourth-order valence-corrected chi connectivity index (χ4v) is 3.40. The van der Waals surface area contributed by atoms with Crippen LogP contribution in [-0.4, -0.2) is 24.4 Å². The van der Waals surface area contributed by atoms with Crippen molar-refractivity contribution in [3.63, 3.8) is 0 Å². The number of benzene rings is 1. The van der Waals surface area contributed by atoms with Gasteiger partial charge in [-0.05, 0) is 49.4 Å². The molecule has 0 spiro atoms. The first kappa shape index (κ1) is 17.9. The van der Waals surface area contributed by atoms with Gasteiger partial charge in [0.05, 0.1) is 0 Å². The smallest absolute Gasteiger partial charge is 0.226 e. The van der Waals surface area contributed by atoms with Crippen molar-refractivity contribution in [2.45, 2.75) is 45.1 Å². The SMILES string of the molecule is Cc1cc(Br)ccc1NC(=O)CCNC(=O)C[C@@H]1CCC[C@H]1N. The molecule has 1 saturated carbocycles. The standard InChI is InChI=1S/C17H24BrN3O2/c1-11-9-13(18)5-6-15(11)21-16(22)7-8-20-17(23)10-12-3-2-4-14(12)19/h5-6,9,12,14H,2-4,7-8,10,19H2,1H3,(H,20,23)(H,21,22)/t12-,14+/m0/s1. The number of carbonyl (C=O) groups excluding carboxylic acids is 2. The number of carbonyl (C=O) groups is 2. The third-order valence-electron chi connectivity index (χ3n) is 4.30. The Morgan fingerprint density at radius 2 is 2.09 bits per heavy atom. The van der Waals surface area contributed by atoms with Crippen molar-refractivity contribution >= 4 is 33.4 Å². The first-order valence-electron chi connectivity index (χ1n) is 8.04. The van der Waals surface area contributed by atoms with Gasteiger partial charge in [-0.3, -0.25) is 9.59 Å². The van der Waals surface area contributed by atoms with Gasteiger partial charge < -0.3 is 16.4 Å². The normalized spacial score (nSPS) is 20.3. The van der Waals surface area contributed by atoms with E-state index in [1.165, 1.54) is 0 Å². The first-order chi connectivity index (χ1) is 11.0. The van der Waals surface area contributed by atoms with Gasteiger partial charge >= 0.3 is 0 Å². The molecule has 1 aliphatic carbocycles. The monoisotopic (exact) mass is 381 g/mol. The molecule has 0 bridgehead atoms. The topological polar surface area (TPSA) is 84.2 Å². The largest absolute Gasteiger partial charge is 0.356 e. The van der Waals surface area contributed by atoms with E-state index in [9.17, 15) is 9.59 Å². The molecular formula is C17H24BrN3O2. The minimum Gasteiger partial charge on any atom is -0.356 e. The van der Waals surface area contributed by atoms with Crippen molar-refractivity contribution in [2.75, 3.05) is 11.9 Å². The first-order valence-corrected chi connectivity index (χ1v) is 8.83. The molecule has 4 N–H and O–H groups in total.